The Balaban J connectivity index is 2.01. The zero-order chi connectivity index (χ0) is 19.1. The minimum Gasteiger partial charge on any atom is -0.493 e. The van der Waals surface area contributed by atoms with Gasteiger partial charge in [0.15, 0.2) is 11.5 Å². The summed E-state index contributed by atoms with van der Waals surface area (Å²) in [6, 6.07) is 6.73. The number of carbonyl (C=O) groups is 2. The highest BCUT2D eigenvalue weighted by Crippen LogP contribution is 2.28. The summed E-state index contributed by atoms with van der Waals surface area (Å²) in [4.78, 5) is 26.2. The maximum absolute atomic E-state index is 12.3. The predicted octanol–water partition coefficient (Wildman–Crippen LogP) is 3.49. The molecule has 0 spiro atoms. The summed E-state index contributed by atoms with van der Waals surface area (Å²) in [5, 5.41) is 0. The number of nitrogens with one attached hydrogen (secondary N) is 2. The van der Waals surface area contributed by atoms with E-state index < -0.39 is 5.91 Å². The zero-order valence-electron chi connectivity index (χ0n) is 15.5. The van der Waals surface area contributed by atoms with Crippen LogP contribution in [0.3, 0.4) is 0 Å². The van der Waals surface area contributed by atoms with Gasteiger partial charge in [0.1, 0.15) is 0 Å². The van der Waals surface area contributed by atoms with Crippen LogP contribution in [0.1, 0.15) is 50.7 Å². The third-order valence-electron chi connectivity index (χ3n) is 3.78. The molecule has 0 aliphatic carbocycles. The number of hydrazine groups is 1. The highest BCUT2D eigenvalue weighted by Gasteiger charge is 2.15. The highest BCUT2D eigenvalue weighted by molar-refractivity contribution is 7.14. The van der Waals surface area contributed by atoms with Crippen molar-refractivity contribution in [2.75, 3.05) is 13.7 Å². The SMILES string of the molecule is CCCc1cc(C(=O)NNC(=O)c2ccc(OCC)c(OC)c2)sc1C. The summed E-state index contributed by atoms with van der Waals surface area (Å²) in [6.45, 7) is 6.46. The monoisotopic (exact) mass is 376 g/mol. The fraction of sp³-hybridized carbons (Fsp3) is 0.368. The molecule has 2 aromatic rings. The van der Waals surface area contributed by atoms with Crippen molar-refractivity contribution in [3.63, 3.8) is 0 Å². The fourth-order valence-corrected chi connectivity index (χ4v) is 3.45. The third-order valence-corrected chi connectivity index (χ3v) is 4.87. The van der Waals surface area contributed by atoms with Crippen molar-refractivity contribution in [1.82, 2.24) is 10.9 Å². The van der Waals surface area contributed by atoms with E-state index in [2.05, 4.69) is 17.8 Å². The zero-order valence-corrected chi connectivity index (χ0v) is 16.3. The first kappa shape index (κ1) is 19.8. The summed E-state index contributed by atoms with van der Waals surface area (Å²) in [5.41, 5.74) is 6.42. The molecule has 140 valence electrons. The molecule has 1 aromatic heterocycles. The summed E-state index contributed by atoms with van der Waals surface area (Å²) in [6.07, 6.45) is 1.96. The molecule has 26 heavy (non-hydrogen) atoms. The Morgan fingerprint density at radius 1 is 1.08 bits per heavy atom. The molecule has 1 aromatic carbocycles. The molecule has 0 atom stereocenters. The van der Waals surface area contributed by atoms with Crippen LogP contribution in [-0.2, 0) is 6.42 Å². The van der Waals surface area contributed by atoms with Gasteiger partial charge >= 0.3 is 0 Å². The number of rotatable bonds is 7. The summed E-state index contributed by atoms with van der Waals surface area (Å²) in [5.74, 6) is 0.269. The molecule has 0 aliphatic heterocycles. The van der Waals surface area contributed by atoms with Crippen molar-refractivity contribution >= 4 is 23.2 Å². The number of aryl methyl sites for hydroxylation is 2. The van der Waals surface area contributed by atoms with Crippen LogP contribution in [0.4, 0.5) is 0 Å². The number of amides is 2. The van der Waals surface area contributed by atoms with Gasteiger partial charge < -0.3 is 9.47 Å². The lowest BCUT2D eigenvalue weighted by molar-refractivity contribution is 0.0848. The molecule has 2 amide bonds. The Hall–Kier alpha value is -2.54. The molecule has 0 unspecified atom stereocenters. The maximum atomic E-state index is 12.3. The molecule has 6 nitrogen and oxygen atoms in total. The number of methoxy groups -OCH3 is 1. The third kappa shape index (κ3) is 4.76. The van der Waals surface area contributed by atoms with E-state index in [1.807, 2.05) is 19.9 Å². The normalized spacial score (nSPS) is 10.3. The smallest absolute Gasteiger partial charge is 0.279 e. The van der Waals surface area contributed by atoms with Gasteiger partial charge in [-0.25, -0.2) is 0 Å². The lowest BCUT2D eigenvalue weighted by Crippen LogP contribution is -2.41. The molecule has 0 fully saturated rings. The number of hydrogen-bond donors (Lipinski definition) is 2. The van der Waals surface area contributed by atoms with E-state index in [-0.39, 0.29) is 5.91 Å². The van der Waals surface area contributed by atoms with Gasteiger partial charge in [-0.3, -0.25) is 20.4 Å². The second-order valence-corrected chi connectivity index (χ2v) is 6.91. The second-order valence-electron chi connectivity index (χ2n) is 5.65. The Bertz CT molecular complexity index is 786. The van der Waals surface area contributed by atoms with Gasteiger partial charge in [-0.1, -0.05) is 13.3 Å². The van der Waals surface area contributed by atoms with Crippen LogP contribution in [0, 0.1) is 6.92 Å². The Labute approximate surface area is 157 Å². The van der Waals surface area contributed by atoms with Crippen LogP contribution in [0.5, 0.6) is 11.5 Å². The Kier molecular flexibility index (Phi) is 7.03. The number of carbonyl (C=O) groups excluding carboxylic acids is 2. The van der Waals surface area contributed by atoms with Crippen molar-refractivity contribution < 1.29 is 19.1 Å². The largest absolute Gasteiger partial charge is 0.493 e. The molecule has 0 aliphatic rings. The molecule has 0 bridgehead atoms. The van der Waals surface area contributed by atoms with E-state index >= 15 is 0 Å². The van der Waals surface area contributed by atoms with Crippen LogP contribution < -0.4 is 20.3 Å². The number of hydrogen-bond acceptors (Lipinski definition) is 5. The summed E-state index contributed by atoms with van der Waals surface area (Å²) >= 11 is 1.42. The fourth-order valence-electron chi connectivity index (χ4n) is 2.48. The Morgan fingerprint density at radius 2 is 1.81 bits per heavy atom. The van der Waals surface area contributed by atoms with Crippen molar-refractivity contribution in [3.8, 4) is 11.5 Å². The van der Waals surface area contributed by atoms with Gasteiger partial charge in [0.2, 0.25) is 0 Å². The average Bonchev–Trinajstić information content (AvgIpc) is 3.01. The summed E-state index contributed by atoms with van der Waals surface area (Å²) in [7, 11) is 1.51. The van der Waals surface area contributed by atoms with Gasteiger partial charge in [-0.05, 0) is 50.1 Å². The number of benzene rings is 1. The summed E-state index contributed by atoms with van der Waals surface area (Å²) < 4.78 is 10.7. The van der Waals surface area contributed by atoms with E-state index in [0.29, 0.717) is 28.5 Å². The van der Waals surface area contributed by atoms with Gasteiger partial charge in [-0.2, -0.15) is 0 Å². The van der Waals surface area contributed by atoms with Crippen LogP contribution in [0.2, 0.25) is 0 Å². The van der Waals surface area contributed by atoms with Crippen molar-refractivity contribution in [3.05, 3.63) is 45.1 Å². The van der Waals surface area contributed by atoms with Crippen LogP contribution >= 0.6 is 11.3 Å². The lowest BCUT2D eigenvalue weighted by atomic mass is 10.1. The molecule has 1 heterocycles. The van der Waals surface area contributed by atoms with E-state index in [0.717, 1.165) is 17.7 Å². The van der Waals surface area contributed by atoms with Crippen LogP contribution in [-0.4, -0.2) is 25.5 Å². The molecule has 2 rings (SSSR count). The van der Waals surface area contributed by atoms with Gasteiger partial charge in [0, 0.05) is 10.4 Å². The molecule has 0 saturated heterocycles. The molecular weight excluding hydrogens is 352 g/mol. The van der Waals surface area contributed by atoms with E-state index in [4.69, 9.17) is 9.47 Å². The van der Waals surface area contributed by atoms with Gasteiger partial charge in [0.25, 0.3) is 11.8 Å². The molecule has 7 heteroatoms. The second kappa shape index (κ2) is 9.24. The first-order valence-corrected chi connectivity index (χ1v) is 9.32. The molecule has 0 saturated carbocycles. The van der Waals surface area contributed by atoms with Gasteiger partial charge in [0.05, 0.1) is 18.6 Å². The van der Waals surface area contributed by atoms with E-state index in [1.165, 1.54) is 24.0 Å². The van der Waals surface area contributed by atoms with Crippen molar-refractivity contribution in [2.45, 2.75) is 33.6 Å². The van der Waals surface area contributed by atoms with E-state index in [1.54, 1.807) is 18.2 Å². The van der Waals surface area contributed by atoms with Gasteiger partial charge in [-0.15, -0.1) is 11.3 Å². The number of thiophene rings is 1. The Morgan fingerprint density at radius 3 is 2.46 bits per heavy atom. The predicted molar refractivity (Wildman–Crippen MR) is 102 cm³/mol. The maximum Gasteiger partial charge on any atom is 0.279 e. The quantitative estimate of drug-likeness (QED) is 0.725. The minimum absolute atomic E-state index is 0.327. The van der Waals surface area contributed by atoms with Crippen molar-refractivity contribution in [2.24, 2.45) is 0 Å². The lowest BCUT2D eigenvalue weighted by Gasteiger charge is -2.11. The first-order valence-electron chi connectivity index (χ1n) is 8.50. The molecule has 2 N–H and O–H groups in total. The van der Waals surface area contributed by atoms with Crippen LogP contribution in [0.15, 0.2) is 24.3 Å². The average molecular weight is 376 g/mol. The first-order chi connectivity index (χ1) is 12.5. The molecule has 0 radical (unpaired) electrons. The highest BCUT2D eigenvalue weighted by atomic mass is 32.1. The molecular formula is C19H24N2O4S. The standard InChI is InChI=1S/C19H24N2O4S/c1-5-7-13-11-17(26-12(13)3)19(23)21-20-18(22)14-8-9-15(25-6-2)16(10-14)24-4/h8-11H,5-7H2,1-4H3,(H,20,22)(H,21,23). The minimum atomic E-state index is -0.429. The van der Waals surface area contributed by atoms with Crippen molar-refractivity contribution in [1.29, 1.82) is 0 Å². The number of ether oxygens (including phenoxy) is 2. The topological polar surface area (TPSA) is 76.7 Å². The van der Waals surface area contributed by atoms with E-state index in [9.17, 15) is 9.59 Å². The van der Waals surface area contributed by atoms with Crippen LogP contribution in [0.25, 0.3) is 0 Å².